The summed E-state index contributed by atoms with van der Waals surface area (Å²) < 4.78 is 5.23. The van der Waals surface area contributed by atoms with E-state index >= 15 is 0 Å². The van der Waals surface area contributed by atoms with E-state index in [2.05, 4.69) is 0 Å². The van der Waals surface area contributed by atoms with Gasteiger partial charge in [-0.15, -0.1) is 0 Å². The van der Waals surface area contributed by atoms with Crippen molar-refractivity contribution in [1.82, 2.24) is 14.7 Å². The van der Waals surface area contributed by atoms with E-state index in [-0.39, 0.29) is 29.7 Å². The van der Waals surface area contributed by atoms with Gasteiger partial charge in [-0.2, -0.15) is 0 Å². The molecule has 0 N–H and O–H groups in total. The summed E-state index contributed by atoms with van der Waals surface area (Å²) in [6.45, 7) is 3.71. The molecule has 7 nitrogen and oxygen atoms in total. The number of methoxy groups -OCH3 is 1. The Morgan fingerprint density at radius 3 is 2.46 bits per heavy atom. The van der Waals surface area contributed by atoms with Crippen LogP contribution in [0.2, 0.25) is 0 Å². The molecule has 28 heavy (non-hydrogen) atoms. The van der Waals surface area contributed by atoms with Gasteiger partial charge in [-0.3, -0.25) is 14.4 Å². The molecule has 0 unspecified atom stereocenters. The van der Waals surface area contributed by atoms with Gasteiger partial charge in [-0.05, 0) is 38.5 Å². The smallest absolute Gasteiger partial charge is 0.232 e. The van der Waals surface area contributed by atoms with Gasteiger partial charge in [0.15, 0.2) is 0 Å². The van der Waals surface area contributed by atoms with Crippen LogP contribution in [0, 0.1) is 11.3 Å². The number of amides is 3. The van der Waals surface area contributed by atoms with Crippen molar-refractivity contribution in [2.24, 2.45) is 11.3 Å². The lowest BCUT2D eigenvalue weighted by molar-refractivity contribution is -0.168. The molecule has 3 aliphatic heterocycles. The molecule has 4 rings (SSSR count). The Morgan fingerprint density at radius 2 is 1.82 bits per heavy atom. The number of ether oxygens (including phenoxy) is 1. The summed E-state index contributed by atoms with van der Waals surface area (Å²) in [6, 6.07) is -0.123. The van der Waals surface area contributed by atoms with Gasteiger partial charge in [-0.1, -0.05) is 6.42 Å². The van der Waals surface area contributed by atoms with E-state index in [1.54, 1.807) is 7.11 Å². The van der Waals surface area contributed by atoms with E-state index in [1.165, 1.54) is 0 Å². The van der Waals surface area contributed by atoms with Crippen LogP contribution < -0.4 is 0 Å². The number of piperidine rings is 2. The average molecular weight is 392 g/mol. The predicted molar refractivity (Wildman–Crippen MR) is 103 cm³/mol. The molecule has 3 saturated heterocycles. The van der Waals surface area contributed by atoms with Crippen molar-refractivity contribution in [2.75, 3.05) is 46.4 Å². The van der Waals surface area contributed by atoms with Crippen molar-refractivity contribution in [3.63, 3.8) is 0 Å². The molecule has 4 fully saturated rings. The third-order valence-electron chi connectivity index (χ3n) is 7.39. The molecule has 0 aromatic carbocycles. The molecule has 1 aliphatic carbocycles. The van der Waals surface area contributed by atoms with Gasteiger partial charge in [0.2, 0.25) is 17.7 Å². The highest BCUT2D eigenvalue weighted by Crippen LogP contribution is 2.45. The maximum atomic E-state index is 13.7. The van der Waals surface area contributed by atoms with E-state index in [1.807, 2.05) is 14.7 Å². The Balaban J connectivity index is 1.61. The zero-order chi connectivity index (χ0) is 19.7. The lowest BCUT2D eigenvalue weighted by atomic mass is 9.67. The number of carbonyl (C=O) groups excluding carboxylic acids is 3. The fraction of sp³-hybridized carbons (Fsp3) is 0.857. The summed E-state index contributed by atoms with van der Waals surface area (Å²) in [5.74, 6) is 0.644. The molecule has 3 heterocycles. The van der Waals surface area contributed by atoms with Crippen molar-refractivity contribution >= 4 is 17.7 Å². The number of rotatable bonds is 5. The van der Waals surface area contributed by atoms with Gasteiger partial charge >= 0.3 is 0 Å². The summed E-state index contributed by atoms with van der Waals surface area (Å²) in [7, 11) is 1.64. The Kier molecular flexibility index (Phi) is 5.63. The van der Waals surface area contributed by atoms with Gasteiger partial charge in [0.25, 0.3) is 0 Å². The van der Waals surface area contributed by atoms with Crippen LogP contribution in [0.4, 0.5) is 0 Å². The number of nitrogens with zero attached hydrogens (tertiary/aromatic N) is 3. The van der Waals surface area contributed by atoms with Gasteiger partial charge < -0.3 is 19.4 Å². The Labute approximate surface area is 167 Å². The second kappa shape index (κ2) is 8.01. The monoisotopic (exact) mass is 391 g/mol. The molecule has 7 heteroatoms. The number of likely N-dealkylation sites (tertiary alicyclic amines) is 3. The number of hydrogen-bond acceptors (Lipinski definition) is 4. The number of carbonyl (C=O) groups is 3. The SMILES string of the molecule is COCCN1C(=O)CC[C@]2(C(=O)N3CCCC3)CN(C(=O)C3CCC3)CC[C@@H]12. The minimum atomic E-state index is -0.649. The van der Waals surface area contributed by atoms with Crippen molar-refractivity contribution in [3.8, 4) is 0 Å². The second-order valence-corrected chi connectivity index (χ2v) is 8.93. The third-order valence-corrected chi connectivity index (χ3v) is 7.39. The lowest BCUT2D eigenvalue weighted by Crippen LogP contribution is -2.68. The largest absolute Gasteiger partial charge is 0.383 e. The summed E-state index contributed by atoms with van der Waals surface area (Å²) in [4.78, 5) is 45.2. The van der Waals surface area contributed by atoms with Crippen LogP contribution in [0.5, 0.6) is 0 Å². The summed E-state index contributed by atoms with van der Waals surface area (Å²) >= 11 is 0. The lowest BCUT2D eigenvalue weighted by Gasteiger charge is -2.55. The molecule has 1 saturated carbocycles. The first kappa shape index (κ1) is 19.7. The van der Waals surface area contributed by atoms with Gasteiger partial charge in [-0.25, -0.2) is 0 Å². The number of hydrogen-bond donors (Lipinski definition) is 0. The first-order valence-corrected chi connectivity index (χ1v) is 10.9. The van der Waals surface area contributed by atoms with E-state index in [4.69, 9.17) is 4.74 Å². The van der Waals surface area contributed by atoms with E-state index in [9.17, 15) is 14.4 Å². The fourth-order valence-electron chi connectivity index (χ4n) is 5.55. The molecular formula is C21H33N3O4. The van der Waals surface area contributed by atoms with Crippen LogP contribution in [0.25, 0.3) is 0 Å². The van der Waals surface area contributed by atoms with Crippen LogP contribution in [0.15, 0.2) is 0 Å². The van der Waals surface area contributed by atoms with E-state index < -0.39 is 5.41 Å². The molecule has 0 spiro atoms. The molecule has 0 aromatic rings. The molecular weight excluding hydrogens is 358 g/mol. The molecule has 4 aliphatic rings. The molecule has 156 valence electrons. The number of fused-ring (bicyclic) bond motifs is 1. The van der Waals surface area contributed by atoms with Gasteiger partial charge in [0.1, 0.15) is 0 Å². The third kappa shape index (κ3) is 3.31. The standard InChI is InChI=1S/C21H33N3O4/c1-28-14-13-24-17-8-12-23(19(26)16-5-4-6-16)15-21(17,9-7-18(24)25)20(27)22-10-2-3-11-22/h16-17H,2-15H2,1H3/t17-,21+/m1/s1. The first-order valence-electron chi connectivity index (χ1n) is 10.9. The topological polar surface area (TPSA) is 70.2 Å². The zero-order valence-electron chi connectivity index (χ0n) is 17.0. The van der Waals surface area contributed by atoms with Crippen molar-refractivity contribution in [3.05, 3.63) is 0 Å². The predicted octanol–water partition coefficient (Wildman–Crippen LogP) is 1.26. The van der Waals surface area contributed by atoms with Crippen molar-refractivity contribution in [1.29, 1.82) is 0 Å². The molecule has 0 radical (unpaired) electrons. The van der Waals surface area contributed by atoms with Crippen molar-refractivity contribution < 1.29 is 19.1 Å². The first-order chi connectivity index (χ1) is 13.6. The second-order valence-electron chi connectivity index (χ2n) is 8.93. The molecule has 3 amide bonds. The van der Waals surface area contributed by atoms with Gasteiger partial charge in [0.05, 0.1) is 12.0 Å². The quantitative estimate of drug-likeness (QED) is 0.708. The van der Waals surface area contributed by atoms with Crippen LogP contribution in [-0.2, 0) is 19.1 Å². The van der Waals surface area contributed by atoms with Crippen LogP contribution >= 0.6 is 0 Å². The molecule has 0 bridgehead atoms. The van der Waals surface area contributed by atoms with Crippen LogP contribution in [-0.4, -0.2) is 84.9 Å². The highest BCUT2D eigenvalue weighted by atomic mass is 16.5. The minimum absolute atomic E-state index is 0.116. The summed E-state index contributed by atoms with van der Waals surface area (Å²) in [6.07, 6.45) is 6.80. The molecule has 2 atom stereocenters. The summed E-state index contributed by atoms with van der Waals surface area (Å²) in [5.41, 5.74) is -0.649. The fourth-order valence-corrected chi connectivity index (χ4v) is 5.55. The van der Waals surface area contributed by atoms with E-state index in [0.29, 0.717) is 45.5 Å². The van der Waals surface area contributed by atoms with Crippen LogP contribution in [0.1, 0.15) is 51.4 Å². The molecule has 0 aromatic heterocycles. The Hall–Kier alpha value is -1.63. The minimum Gasteiger partial charge on any atom is -0.383 e. The maximum absolute atomic E-state index is 13.7. The van der Waals surface area contributed by atoms with E-state index in [0.717, 1.165) is 45.2 Å². The van der Waals surface area contributed by atoms with Crippen LogP contribution in [0.3, 0.4) is 0 Å². The highest BCUT2D eigenvalue weighted by molar-refractivity contribution is 5.89. The van der Waals surface area contributed by atoms with Crippen molar-refractivity contribution in [2.45, 2.75) is 57.4 Å². The maximum Gasteiger partial charge on any atom is 0.232 e. The Morgan fingerprint density at radius 1 is 1.07 bits per heavy atom. The zero-order valence-corrected chi connectivity index (χ0v) is 17.0. The highest BCUT2D eigenvalue weighted by Gasteiger charge is 2.57. The summed E-state index contributed by atoms with van der Waals surface area (Å²) in [5, 5.41) is 0. The Bertz CT molecular complexity index is 629. The average Bonchev–Trinajstić information content (AvgIpc) is 3.19. The normalized spacial score (nSPS) is 31.0. The van der Waals surface area contributed by atoms with Gasteiger partial charge in [0, 0.05) is 58.2 Å².